The molecule has 0 saturated carbocycles. The van der Waals surface area contributed by atoms with Gasteiger partial charge >= 0.3 is 0 Å². The van der Waals surface area contributed by atoms with Gasteiger partial charge in [0.1, 0.15) is 0 Å². The number of amides is 1. The van der Waals surface area contributed by atoms with Crippen molar-refractivity contribution >= 4 is 5.91 Å². The molecule has 7 heteroatoms. The van der Waals surface area contributed by atoms with Crippen LogP contribution >= 0.6 is 0 Å². The van der Waals surface area contributed by atoms with Crippen molar-refractivity contribution in [2.45, 2.75) is 38.6 Å². The third kappa shape index (κ3) is 4.06. The van der Waals surface area contributed by atoms with Gasteiger partial charge in [-0.05, 0) is 38.3 Å². The predicted octanol–water partition coefficient (Wildman–Crippen LogP) is 4.94. The summed E-state index contributed by atoms with van der Waals surface area (Å²) in [7, 11) is 0. The topological polar surface area (TPSA) is 85.3 Å². The van der Waals surface area contributed by atoms with Crippen molar-refractivity contribution in [2.24, 2.45) is 0 Å². The summed E-state index contributed by atoms with van der Waals surface area (Å²) in [6, 6.07) is 17.3. The summed E-state index contributed by atoms with van der Waals surface area (Å²) in [5.74, 6) is 2.26. The van der Waals surface area contributed by atoms with Gasteiger partial charge in [-0.25, -0.2) is 4.98 Å². The van der Waals surface area contributed by atoms with E-state index in [4.69, 9.17) is 8.94 Å². The van der Waals surface area contributed by atoms with Crippen molar-refractivity contribution in [3.63, 3.8) is 0 Å². The molecule has 1 aliphatic rings. The number of carbonyl (C=O) groups is 1. The van der Waals surface area contributed by atoms with Crippen LogP contribution in [0.3, 0.4) is 0 Å². The number of aromatic nitrogens is 3. The van der Waals surface area contributed by atoms with Gasteiger partial charge in [-0.3, -0.25) is 4.79 Å². The number of hydrogen-bond donors (Lipinski definition) is 0. The molecule has 1 fully saturated rings. The Labute approximate surface area is 186 Å². The molecule has 2 aromatic carbocycles. The van der Waals surface area contributed by atoms with Crippen LogP contribution in [0.15, 0.2) is 69.7 Å². The van der Waals surface area contributed by atoms with E-state index in [2.05, 4.69) is 15.1 Å². The van der Waals surface area contributed by atoms with Crippen molar-refractivity contribution in [1.82, 2.24) is 20.0 Å². The van der Waals surface area contributed by atoms with Gasteiger partial charge in [-0.15, -0.1) is 0 Å². The minimum atomic E-state index is -0.0315. The van der Waals surface area contributed by atoms with Gasteiger partial charge in [0, 0.05) is 24.6 Å². The van der Waals surface area contributed by atoms with Crippen LogP contribution in [-0.2, 0) is 6.42 Å². The third-order valence-corrected chi connectivity index (χ3v) is 5.83. The van der Waals surface area contributed by atoms with Crippen molar-refractivity contribution in [3.05, 3.63) is 78.1 Å². The third-order valence-electron chi connectivity index (χ3n) is 5.83. The lowest BCUT2D eigenvalue weighted by atomic mass is 9.97. The van der Waals surface area contributed by atoms with Crippen LogP contribution in [0.5, 0.6) is 0 Å². The first-order valence-electron chi connectivity index (χ1n) is 10.9. The highest BCUT2D eigenvalue weighted by atomic mass is 16.5. The Kier molecular flexibility index (Phi) is 5.54. The second kappa shape index (κ2) is 8.78. The highest BCUT2D eigenvalue weighted by Crippen LogP contribution is 2.28. The summed E-state index contributed by atoms with van der Waals surface area (Å²) in [6.45, 7) is 2.46. The molecule has 0 bridgehead atoms. The molecule has 1 atom stereocenters. The summed E-state index contributed by atoms with van der Waals surface area (Å²) < 4.78 is 11.4. The van der Waals surface area contributed by atoms with E-state index in [1.54, 1.807) is 13.1 Å². The van der Waals surface area contributed by atoms with Gasteiger partial charge in [0.05, 0.1) is 17.3 Å². The number of piperidine rings is 1. The number of benzene rings is 2. The van der Waals surface area contributed by atoms with E-state index in [0.29, 0.717) is 41.7 Å². The smallest absolute Gasteiger partial charge is 0.258 e. The summed E-state index contributed by atoms with van der Waals surface area (Å²) in [6.07, 6.45) is 5.31. The molecular formula is C25H24N4O3. The molecule has 1 aliphatic heterocycles. The molecule has 32 heavy (non-hydrogen) atoms. The highest BCUT2D eigenvalue weighted by Gasteiger charge is 2.31. The van der Waals surface area contributed by atoms with E-state index in [9.17, 15) is 4.79 Å². The average molecular weight is 428 g/mol. The van der Waals surface area contributed by atoms with E-state index in [0.717, 1.165) is 30.6 Å². The highest BCUT2D eigenvalue weighted by molar-refractivity contribution is 6.00. The molecule has 7 nitrogen and oxygen atoms in total. The molecule has 1 saturated heterocycles. The van der Waals surface area contributed by atoms with Crippen LogP contribution in [0.25, 0.3) is 22.8 Å². The normalized spacial score (nSPS) is 16.3. The molecule has 0 spiro atoms. The lowest BCUT2D eigenvalue weighted by Crippen LogP contribution is -2.45. The number of hydrogen-bond acceptors (Lipinski definition) is 6. The maximum atomic E-state index is 13.6. The Morgan fingerprint density at radius 1 is 1.09 bits per heavy atom. The van der Waals surface area contributed by atoms with Crippen LogP contribution in [0.1, 0.15) is 41.3 Å². The van der Waals surface area contributed by atoms with E-state index < -0.39 is 0 Å². The lowest BCUT2D eigenvalue weighted by molar-refractivity contribution is 0.0606. The van der Waals surface area contributed by atoms with E-state index in [-0.39, 0.29) is 11.9 Å². The van der Waals surface area contributed by atoms with Crippen LogP contribution in [-0.4, -0.2) is 38.5 Å². The Morgan fingerprint density at radius 2 is 1.91 bits per heavy atom. The van der Waals surface area contributed by atoms with Gasteiger partial charge in [0.15, 0.2) is 17.5 Å². The fourth-order valence-electron chi connectivity index (χ4n) is 4.24. The largest absolute Gasteiger partial charge is 0.441 e. The second-order valence-electron chi connectivity index (χ2n) is 8.03. The number of rotatable bonds is 5. The van der Waals surface area contributed by atoms with Crippen molar-refractivity contribution in [3.8, 4) is 22.8 Å². The van der Waals surface area contributed by atoms with E-state index >= 15 is 0 Å². The molecule has 1 unspecified atom stereocenters. The first-order valence-corrected chi connectivity index (χ1v) is 10.9. The van der Waals surface area contributed by atoms with Gasteiger partial charge < -0.3 is 13.8 Å². The van der Waals surface area contributed by atoms with Crippen LogP contribution in [0.4, 0.5) is 0 Å². The molecule has 0 radical (unpaired) electrons. The van der Waals surface area contributed by atoms with Crippen molar-refractivity contribution in [1.29, 1.82) is 0 Å². The van der Waals surface area contributed by atoms with Gasteiger partial charge in [0.25, 0.3) is 11.8 Å². The number of likely N-dealkylation sites (tertiary alicyclic amines) is 1. The van der Waals surface area contributed by atoms with Gasteiger partial charge in [-0.1, -0.05) is 47.6 Å². The predicted molar refractivity (Wildman–Crippen MR) is 119 cm³/mol. The average Bonchev–Trinajstić information content (AvgIpc) is 3.49. The summed E-state index contributed by atoms with van der Waals surface area (Å²) >= 11 is 0. The minimum absolute atomic E-state index is 0.0241. The number of aryl methyl sites for hydroxylation is 1. The summed E-state index contributed by atoms with van der Waals surface area (Å²) in [5.41, 5.74) is 2.22. The van der Waals surface area contributed by atoms with Crippen LogP contribution in [0.2, 0.25) is 0 Å². The van der Waals surface area contributed by atoms with Gasteiger partial charge in [-0.2, -0.15) is 4.98 Å². The zero-order valence-electron chi connectivity index (χ0n) is 17.9. The quantitative estimate of drug-likeness (QED) is 0.448. The van der Waals surface area contributed by atoms with Crippen molar-refractivity contribution < 1.29 is 13.7 Å². The van der Waals surface area contributed by atoms with Gasteiger partial charge in [0.2, 0.25) is 0 Å². The van der Waals surface area contributed by atoms with Crippen LogP contribution < -0.4 is 0 Å². The molecule has 2 aromatic heterocycles. The van der Waals surface area contributed by atoms with Crippen molar-refractivity contribution in [2.75, 3.05) is 6.54 Å². The van der Waals surface area contributed by atoms with E-state index in [1.165, 1.54) is 0 Å². The Morgan fingerprint density at radius 3 is 2.72 bits per heavy atom. The fourth-order valence-corrected chi connectivity index (χ4v) is 4.24. The molecular weight excluding hydrogens is 404 g/mol. The number of carbonyl (C=O) groups excluding carboxylic acids is 1. The van der Waals surface area contributed by atoms with Crippen LogP contribution in [0, 0.1) is 6.92 Å². The molecule has 162 valence electrons. The monoisotopic (exact) mass is 428 g/mol. The second-order valence-corrected chi connectivity index (χ2v) is 8.03. The molecule has 3 heterocycles. The molecule has 0 N–H and O–H groups in total. The fraction of sp³-hybridized carbons (Fsp3) is 0.280. The summed E-state index contributed by atoms with van der Waals surface area (Å²) in [4.78, 5) is 24.4. The maximum Gasteiger partial charge on any atom is 0.258 e. The standard InChI is InChI=1S/C25H24N4O3/c1-17-27-24(32-28-17)20-12-5-6-13-21(20)25(30)29-14-8-7-11-19(29)15-23-26-16-22(31-23)18-9-3-2-4-10-18/h2-6,9-10,12-13,16,19H,7-8,11,14-15H2,1H3. The van der Waals surface area contributed by atoms with E-state index in [1.807, 2.05) is 59.5 Å². The lowest BCUT2D eigenvalue weighted by Gasteiger charge is -2.35. The molecule has 0 aliphatic carbocycles. The first kappa shape index (κ1) is 20.2. The zero-order chi connectivity index (χ0) is 21.9. The number of nitrogens with zero attached hydrogens (tertiary/aromatic N) is 4. The first-order chi connectivity index (χ1) is 15.7. The Hall–Kier alpha value is -3.74. The number of oxazole rings is 1. The summed E-state index contributed by atoms with van der Waals surface area (Å²) in [5, 5.41) is 3.87. The molecule has 1 amide bonds. The Bertz CT molecular complexity index is 1210. The maximum absolute atomic E-state index is 13.6. The zero-order valence-corrected chi connectivity index (χ0v) is 17.9. The SMILES string of the molecule is Cc1noc(-c2ccccc2C(=O)N2CCCCC2Cc2ncc(-c3ccccc3)o2)n1. The molecule has 5 rings (SSSR count). The minimum Gasteiger partial charge on any atom is -0.441 e. The Balaban J connectivity index is 1.39. The molecule has 4 aromatic rings.